The molecule has 20 heavy (non-hydrogen) atoms. The number of benzene rings is 1. The second kappa shape index (κ2) is 6.93. The average molecular weight is 276 g/mol. The summed E-state index contributed by atoms with van der Waals surface area (Å²) >= 11 is 0. The number of carbonyl (C=O) groups is 2. The molecule has 0 unspecified atom stereocenters. The van der Waals surface area contributed by atoms with Gasteiger partial charge in [-0.05, 0) is 24.1 Å². The Labute approximate surface area is 118 Å². The summed E-state index contributed by atoms with van der Waals surface area (Å²) in [6, 6.07) is 7.41. The molecular weight excluding hydrogens is 256 g/mol. The van der Waals surface area contributed by atoms with E-state index in [-0.39, 0.29) is 11.9 Å². The number of carbonyl (C=O) groups excluding carboxylic acids is 2. The quantitative estimate of drug-likeness (QED) is 0.811. The summed E-state index contributed by atoms with van der Waals surface area (Å²) in [5, 5.41) is 2.32. The van der Waals surface area contributed by atoms with Crippen molar-refractivity contribution in [3.05, 3.63) is 29.8 Å². The van der Waals surface area contributed by atoms with Gasteiger partial charge in [-0.15, -0.1) is 0 Å². The molecule has 0 radical (unpaired) electrons. The Hall–Kier alpha value is -2.04. The van der Waals surface area contributed by atoms with E-state index in [2.05, 4.69) is 12.2 Å². The van der Waals surface area contributed by atoms with Gasteiger partial charge in [0, 0.05) is 19.5 Å². The van der Waals surface area contributed by atoms with Gasteiger partial charge in [-0.2, -0.15) is 0 Å². The van der Waals surface area contributed by atoms with E-state index in [1.807, 2.05) is 24.3 Å². The van der Waals surface area contributed by atoms with E-state index in [0.29, 0.717) is 19.5 Å². The summed E-state index contributed by atoms with van der Waals surface area (Å²) in [6.45, 7) is 3.83. The maximum absolute atomic E-state index is 11.6. The van der Waals surface area contributed by atoms with Crippen LogP contribution in [-0.4, -0.2) is 30.0 Å². The van der Waals surface area contributed by atoms with Crippen LogP contribution in [0.3, 0.4) is 0 Å². The number of ether oxygens (including phenoxy) is 1. The number of hydrogen-bond acceptors (Lipinski definition) is 3. The van der Waals surface area contributed by atoms with Crippen LogP contribution >= 0.6 is 0 Å². The zero-order chi connectivity index (χ0) is 14.4. The summed E-state index contributed by atoms with van der Waals surface area (Å²) in [4.78, 5) is 24.3. The van der Waals surface area contributed by atoms with Crippen LogP contribution in [0.1, 0.15) is 31.7 Å². The van der Waals surface area contributed by atoms with Gasteiger partial charge < -0.3 is 9.64 Å². The fraction of sp³-hybridized carbons (Fsp3) is 0.467. The van der Waals surface area contributed by atoms with E-state index in [0.717, 1.165) is 30.8 Å². The maximum Gasteiger partial charge on any atom is 0.324 e. The Morgan fingerprint density at radius 1 is 1.25 bits per heavy atom. The minimum atomic E-state index is -0.315. The molecule has 0 saturated carbocycles. The van der Waals surface area contributed by atoms with Crippen LogP contribution in [-0.2, 0) is 11.3 Å². The standard InChI is InChI=1S/C15H20N2O3/c1-2-3-10-20-13-6-4-12(5-7-13)11-17-9-8-14(18)16-15(17)19/h4-7H,2-3,8-11H2,1H3,(H,16,18,19). The molecule has 1 aliphatic heterocycles. The Morgan fingerprint density at radius 3 is 2.65 bits per heavy atom. The first-order chi connectivity index (χ1) is 9.69. The lowest BCUT2D eigenvalue weighted by atomic mass is 10.2. The maximum atomic E-state index is 11.6. The van der Waals surface area contributed by atoms with Crippen molar-refractivity contribution >= 4 is 11.9 Å². The van der Waals surface area contributed by atoms with Crippen LogP contribution < -0.4 is 10.1 Å². The van der Waals surface area contributed by atoms with Crippen LogP contribution in [0.25, 0.3) is 0 Å². The molecule has 108 valence electrons. The lowest BCUT2D eigenvalue weighted by Gasteiger charge is -2.26. The van der Waals surface area contributed by atoms with E-state index in [9.17, 15) is 9.59 Å². The van der Waals surface area contributed by atoms with Crippen molar-refractivity contribution in [2.45, 2.75) is 32.7 Å². The average Bonchev–Trinajstić information content (AvgIpc) is 2.44. The van der Waals surface area contributed by atoms with E-state index in [1.54, 1.807) is 4.90 Å². The van der Waals surface area contributed by atoms with Gasteiger partial charge in [0.15, 0.2) is 0 Å². The monoisotopic (exact) mass is 276 g/mol. The molecule has 0 bridgehead atoms. The highest BCUT2D eigenvalue weighted by Gasteiger charge is 2.22. The summed E-state index contributed by atoms with van der Waals surface area (Å²) in [7, 11) is 0. The molecule has 0 aliphatic carbocycles. The van der Waals surface area contributed by atoms with Crippen molar-refractivity contribution in [2.75, 3.05) is 13.2 Å². The number of nitrogens with one attached hydrogen (secondary N) is 1. The van der Waals surface area contributed by atoms with Gasteiger partial charge in [0.1, 0.15) is 5.75 Å². The highest BCUT2D eigenvalue weighted by atomic mass is 16.5. The van der Waals surface area contributed by atoms with Crippen molar-refractivity contribution in [1.29, 1.82) is 0 Å². The molecule has 0 atom stereocenters. The topological polar surface area (TPSA) is 58.6 Å². The van der Waals surface area contributed by atoms with Gasteiger partial charge in [0.2, 0.25) is 5.91 Å². The Kier molecular flexibility index (Phi) is 4.98. The zero-order valence-corrected chi connectivity index (χ0v) is 11.7. The van der Waals surface area contributed by atoms with Gasteiger partial charge >= 0.3 is 6.03 Å². The number of nitrogens with zero attached hydrogens (tertiary/aromatic N) is 1. The normalized spacial score (nSPS) is 15.2. The molecule has 1 N–H and O–H groups in total. The van der Waals surface area contributed by atoms with Crippen LogP contribution in [0, 0.1) is 0 Å². The molecule has 1 aromatic carbocycles. The largest absolute Gasteiger partial charge is 0.494 e. The second-order valence-electron chi connectivity index (χ2n) is 4.87. The molecule has 1 fully saturated rings. The van der Waals surface area contributed by atoms with E-state index < -0.39 is 0 Å². The number of imide groups is 1. The first-order valence-corrected chi connectivity index (χ1v) is 6.99. The molecule has 0 spiro atoms. The van der Waals surface area contributed by atoms with Crippen molar-refractivity contribution in [1.82, 2.24) is 10.2 Å². The van der Waals surface area contributed by atoms with E-state index >= 15 is 0 Å². The molecular formula is C15H20N2O3. The number of hydrogen-bond donors (Lipinski definition) is 1. The highest BCUT2D eigenvalue weighted by Crippen LogP contribution is 2.15. The Morgan fingerprint density at radius 2 is 2.00 bits per heavy atom. The van der Waals surface area contributed by atoms with Gasteiger partial charge in [0.25, 0.3) is 0 Å². The predicted octanol–water partition coefficient (Wildman–Crippen LogP) is 2.31. The van der Waals surface area contributed by atoms with Crippen LogP contribution in [0.5, 0.6) is 5.75 Å². The third kappa shape index (κ3) is 3.98. The first kappa shape index (κ1) is 14.4. The fourth-order valence-corrected chi connectivity index (χ4v) is 2.00. The van der Waals surface area contributed by atoms with E-state index in [1.165, 1.54) is 0 Å². The van der Waals surface area contributed by atoms with Gasteiger partial charge in [-0.25, -0.2) is 4.79 Å². The number of amides is 3. The minimum Gasteiger partial charge on any atom is -0.494 e. The molecule has 1 aromatic rings. The van der Waals surface area contributed by atoms with Crippen LogP contribution in [0.2, 0.25) is 0 Å². The summed E-state index contributed by atoms with van der Waals surface area (Å²) in [6.07, 6.45) is 2.52. The van der Waals surface area contributed by atoms with Crippen LogP contribution in [0.15, 0.2) is 24.3 Å². The summed E-state index contributed by atoms with van der Waals surface area (Å²) in [5.41, 5.74) is 1.03. The summed E-state index contributed by atoms with van der Waals surface area (Å²) in [5.74, 6) is 0.645. The van der Waals surface area contributed by atoms with Gasteiger partial charge in [-0.1, -0.05) is 25.5 Å². The lowest BCUT2D eigenvalue weighted by molar-refractivity contribution is -0.121. The fourth-order valence-electron chi connectivity index (χ4n) is 2.00. The van der Waals surface area contributed by atoms with Crippen molar-refractivity contribution < 1.29 is 14.3 Å². The molecule has 3 amide bonds. The second-order valence-corrected chi connectivity index (χ2v) is 4.87. The third-order valence-electron chi connectivity index (χ3n) is 3.21. The van der Waals surface area contributed by atoms with Crippen LogP contribution in [0.4, 0.5) is 4.79 Å². The van der Waals surface area contributed by atoms with E-state index in [4.69, 9.17) is 4.74 Å². The summed E-state index contributed by atoms with van der Waals surface area (Å²) < 4.78 is 5.59. The Bertz CT molecular complexity index is 471. The first-order valence-electron chi connectivity index (χ1n) is 6.99. The molecule has 0 aromatic heterocycles. The Balaban J connectivity index is 1.87. The predicted molar refractivity (Wildman–Crippen MR) is 75.4 cm³/mol. The number of urea groups is 1. The SMILES string of the molecule is CCCCOc1ccc(CN2CCC(=O)NC2=O)cc1. The zero-order valence-electron chi connectivity index (χ0n) is 11.7. The van der Waals surface area contributed by atoms with Gasteiger partial charge in [0.05, 0.1) is 6.61 Å². The minimum absolute atomic E-state index is 0.203. The van der Waals surface area contributed by atoms with Crippen molar-refractivity contribution in [3.8, 4) is 5.75 Å². The molecule has 1 saturated heterocycles. The molecule has 5 heteroatoms. The third-order valence-corrected chi connectivity index (χ3v) is 3.21. The van der Waals surface area contributed by atoms with Crippen molar-refractivity contribution in [3.63, 3.8) is 0 Å². The highest BCUT2D eigenvalue weighted by molar-refractivity contribution is 5.96. The number of rotatable bonds is 6. The lowest BCUT2D eigenvalue weighted by Crippen LogP contribution is -2.48. The van der Waals surface area contributed by atoms with Gasteiger partial charge in [-0.3, -0.25) is 10.1 Å². The smallest absolute Gasteiger partial charge is 0.324 e. The van der Waals surface area contributed by atoms with Crippen molar-refractivity contribution in [2.24, 2.45) is 0 Å². The molecule has 1 aliphatic rings. The molecule has 5 nitrogen and oxygen atoms in total. The molecule has 1 heterocycles. The number of unbranched alkanes of at least 4 members (excludes halogenated alkanes) is 1. The molecule has 2 rings (SSSR count).